The lowest BCUT2D eigenvalue weighted by atomic mass is 9.96. The summed E-state index contributed by atoms with van der Waals surface area (Å²) in [5.74, 6) is -1.11. The van der Waals surface area contributed by atoms with Crippen molar-refractivity contribution >= 4 is 17.6 Å². The molecule has 1 heterocycles. The molecular formula is C10H7NO3. The molecule has 1 aliphatic carbocycles. The summed E-state index contributed by atoms with van der Waals surface area (Å²) in [4.78, 5) is 36.1. The molecule has 4 heteroatoms. The number of allylic oxidation sites excluding steroid dienone is 1. The average molecular weight is 189 g/mol. The predicted octanol–water partition coefficient (Wildman–Crippen LogP) is 0.462. The van der Waals surface area contributed by atoms with Crippen LogP contribution in [0.5, 0.6) is 0 Å². The van der Waals surface area contributed by atoms with Crippen LogP contribution in [-0.2, 0) is 4.79 Å². The molecule has 0 saturated heterocycles. The van der Waals surface area contributed by atoms with Gasteiger partial charge in [0.1, 0.15) is 0 Å². The molecule has 0 saturated carbocycles. The van der Waals surface area contributed by atoms with Crippen LogP contribution in [0.15, 0.2) is 16.9 Å². The molecule has 0 fully saturated rings. The quantitative estimate of drug-likeness (QED) is 0.603. The summed E-state index contributed by atoms with van der Waals surface area (Å²) in [6.45, 7) is 1.64. The molecule has 2 rings (SSSR count). The lowest BCUT2D eigenvalue weighted by molar-refractivity contribution is -0.110. The second-order valence-corrected chi connectivity index (χ2v) is 3.13. The monoisotopic (exact) mass is 189 g/mol. The van der Waals surface area contributed by atoms with E-state index in [2.05, 4.69) is 4.98 Å². The van der Waals surface area contributed by atoms with Crippen molar-refractivity contribution in [1.29, 1.82) is 0 Å². The largest absolute Gasteiger partial charge is 0.322 e. The molecule has 0 aliphatic heterocycles. The van der Waals surface area contributed by atoms with Gasteiger partial charge in [0.15, 0.2) is 0 Å². The first-order chi connectivity index (χ1) is 6.59. The first-order valence-corrected chi connectivity index (χ1v) is 4.10. The van der Waals surface area contributed by atoms with Gasteiger partial charge in [-0.15, -0.1) is 0 Å². The molecule has 4 nitrogen and oxygen atoms in total. The number of aromatic nitrogens is 1. The summed E-state index contributed by atoms with van der Waals surface area (Å²) in [6, 6.07) is 1.31. The van der Waals surface area contributed by atoms with Gasteiger partial charge in [0.05, 0.1) is 11.3 Å². The molecule has 14 heavy (non-hydrogen) atoms. The number of rotatable bonds is 0. The third-order valence-electron chi connectivity index (χ3n) is 2.12. The van der Waals surface area contributed by atoms with Crippen molar-refractivity contribution in [1.82, 2.24) is 4.98 Å². The maximum atomic E-state index is 11.4. The van der Waals surface area contributed by atoms with Crippen molar-refractivity contribution in [2.45, 2.75) is 6.92 Å². The van der Waals surface area contributed by atoms with Gasteiger partial charge in [-0.3, -0.25) is 14.4 Å². The third kappa shape index (κ3) is 1.12. The first-order valence-electron chi connectivity index (χ1n) is 4.10. The number of Topliss-reactive ketones (excluding diaryl/α,β-unsaturated/α-hetero) is 1. The minimum atomic E-state index is -0.559. The molecule has 1 N–H and O–H groups in total. The molecular weight excluding hydrogens is 182 g/mol. The van der Waals surface area contributed by atoms with Gasteiger partial charge in [0, 0.05) is 6.07 Å². The minimum Gasteiger partial charge on any atom is -0.322 e. The van der Waals surface area contributed by atoms with Crippen LogP contribution in [0, 0.1) is 6.92 Å². The number of pyridine rings is 1. The fourth-order valence-corrected chi connectivity index (χ4v) is 1.50. The highest BCUT2D eigenvalue weighted by Gasteiger charge is 2.23. The summed E-state index contributed by atoms with van der Waals surface area (Å²) in [6.07, 6.45) is 2.62. The zero-order chi connectivity index (χ0) is 10.3. The van der Waals surface area contributed by atoms with Crippen molar-refractivity contribution < 1.29 is 9.59 Å². The number of aromatic amines is 1. The van der Waals surface area contributed by atoms with Crippen molar-refractivity contribution in [2.24, 2.45) is 0 Å². The van der Waals surface area contributed by atoms with E-state index in [1.165, 1.54) is 18.2 Å². The lowest BCUT2D eigenvalue weighted by Gasteiger charge is -2.09. The topological polar surface area (TPSA) is 67.0 Å². The van der Waals surface area contributed by atoms with Crippen LogP contribution in [-0.4, -0.2) is 16.6 Å². The molecule has 1 aliphatic rings. The molecule has 70 valence electrons. The van der Waals surface area contributed by atoms with E-state index in [-0.39, 0.29) is 5.56 Å². The number of H-pyrrole nitrogens is 1. The summed E-state index contributed by atoms with van der Waals surface area (Å²) in [5.41, 5.74) is 0.983. The average Bonchev–Trinajstić information content (AvgIpc) is 2.10. The van der Waals surface area contributed by atoms with Gasteiger partial charge in [-0.25, -0.2) is 0 Å². The van der Waals surface area contributed by atoms with E-state index in [1.807, 2.05) is 0 Å². The zero-order valence-electron chi connectivity index (χ0n) is 7.46. The minimum absolute atomic E-state index is 0.270. The van der Waals surface area contributed by atoms with Gasteiger partial charge in [-0.2, -0.15) is 0 Å². The zero-order valence-corrected chi connectivity index (χ0v) is 7.46. The molecule has 0 amide bonds. The maximum absolute atomic E-state index is 11.4. The van der Waals surface area contributed by atoms with Gasteiger partial charge in [-0.05, 0) is 24.6 Å². The molecule has 1 aromatic heterocycles. The standard InChI is InChI=1S/C10H7NO3/c1-5-4-8(13)11-6-2-3-7(12)10(14)9(5)6/h2-4H,1H3,(H,11,13). The Labute approximate surface area is 79.3 Å². The van der Waals surface area contributed by atoms with E-state index in [0.29, 0.717) is 16.8 Å². The Bertz CT molecular complexity index is 523. The molecule has 0 spiro atoms. The predicted molar refractivity (Wildman–Crippen MR) is 50.2 cm³/mol. The van der Waals surface area contributed by atoms with Crippen LogP contribution in [0.25, 0.3) is 6.08 Å². The molecule has 0 unspecified atom stereocenters. The second-order valence-electron chi connectivity index (χ2n) is 3.13. The van der Waals surface area contributed by atoms with E-state index in [0.717, 1.165) is 0 Å². The van der Waals surface area contributed by atoms with E-state index in [9.17, 15) is 14.4 Å². The smallest absolute Gasteiger partial charge is 0.248 e. The molecule has 0 atom stereocenters. The number of hydrogen-bond acceptors (Lipinski definition) is 3. The molecule has 0 radical (unpaired) electrons. The fourth-order valence-electron chi connectivity index (χ4n) is 1.50. The second kappa shape index (κ2) is 2.77. The van der Waals surface area contributed by atoms with Crippen molar-refractivity contribution in [3.8, 4) is 0 Å². The molecule has 0 aromatic carbocycles. The van der Waals surface area contributed by atoms with Gasteiger partial charge in [0.25, 0.3) is 0 Å². The van der Waals surface area contributed by atoms with Crippen LogP contribution in [0.1, 0.15) is 21.6 Å². The summed E-state index contributed by atoms with van der Waals surface area (Å²) in [5, 5.41) is 0. The maximum Gasteiger partial charge on any atom is 0.248 e. The van der Waals surface area contributed by atoms with Gasteiger partial charge in [-0.1, -0.05) is 0 Å². The Hall–Kier alpha value is -1.97. The Morgan fingerprint density at radius 3 is 2.57 bits per heavy atom. The van der Waals surface area contributed by atoms with Crippen LogP contribution in [0.3, 0.4) is 0 Å². The summed E-state index contributed by atoms with van der Waals surface area (Å²) in [7, 11) is 0. The Morgan fingerprint density at radius 2 is 1.86 bits per heavy atom. The number of carbonyl (C=O) groups excluding carboxylic acids is 2. The highest BCUT2D eigenvalue weighted by Crippen LogP contribution is 2.16. The SMILES string of the molecule is Cc1cc(=O)[nH]c2c1C(=O)C(=O)C=C2. The summed E-state index contributed by atoms with van der Waals surface area (Å²) >= 11 is 0. The Balaban J connectivity index is 2.81. The number of nitrogens with one attached hydrogen (secondary N) is 1. The van der Waals surface area contributed by atoms with E-state index >= 15 is 0 Å². The van der Waals surface area contributed by atoms with Crippen LogP contribution in [0.2, 0.25) is 0 Å². The highest BCUT2D eigenvalue weighted by molar-refractivity contribution is 6.50. The summed E-state index contributed by atoms with van der Waals surface area (Å²) < 4.78 is 0. The van der Waals surface area contributed by atoms with Gasteiger partial charge >= 0.3 is 0 Å². The normalized spacial score (nSPS) is 14.4. The Kier molecular flexibility index (Phi) is 1.70. The number of carbonyl (C=O) groups is 2. The Morgan fingerprint density at radius 1 is 1.14 bits per heavy atom. The van der Waals surface area contributed by atoms with Crippen molar-refractivity contribution in [3.63, 3.8) is 0 Å². The van der Waals surface area contributed by atoms with Crippen molar-refractivity contribution in [3.05, 3.63) is 39.3 Å². The molecule has 0 bridgehead atoms. The van der Waals surface area contributed by atoms with Crippen LogP contribution >= 0.6 is 0 Å². The number of hydrogen-bond donors (Lipinski definition) is 1. The van der Waals surface area contributed by atoms with Crippen LogP contribution in [0.4, 0.5) is 0 Å². The number of aryl methyl sites for hydroxylation is 1. The van der Waals surface area contributed by atoms with Gasteiger partial charge < -0.3 is 4.98 Å². The van der Waals surface area contributed by atoms with E-state index < -0.39 is 11.6 Å². The van der Waals surface area contributed by atoms with Gasteiger partial charge in [0.2, 0.25) is 17.1 Å². The fraction of sp³-hybridized carbons (Fsp3) is 0.100. The number of fused-ring (bicyclic) bond motifs is 1. The van der Waals surface area contributed by atoms with Crippen LogP contribution < -0.4 is 5.56 Å². The lowest BCUT2D eigenvalue weighted by Crippen LogP contribution is -2.22. The molecule has 1 aromatic rings. The first kappa shape index (κ1) is 8.62. The van der Waals surface area contributed by atoms with E-state index in [4.69, 9.17) is 0 Å². The number of ketones is 2. The third-order valence-corrected chi connectivity index (χ3v) is 2.12. The van der Waals surface area contributed by atoms with Crippen molar-refractivity contribution in [2.75, 3.05) is 0 Å². The highest BCUT2D eigenvalue weighted by atomic mass is 16.2. The van der Waals surface area contributed by atoms with E-state index in [1.54, 1.807) is 6.92 Å².